The Hall–Kier alpha value is -0.140. The second kappa shape index (κ2) is 7.24. The summed E-state index contributed by atoms with van der Waals surface area (Å²) in [7, 11) is 0. The third-order valence-corrected chi connectivity index (χ3v) is 5.01. The summed E-state index contributed by atoms with van der Waals surface area (Å²) in [4.78, 5) is 1.36. The average molecular weight is 257 g/mol. The van der Waals surface area contributed by atoms with Crippen molar-refractivity contribution >= 4 is 23.4 Å². The molecule has 0 heterocycles. The summed E-state index contributed by atoms with van der Waals surface area (Å²) < 4.78 is 0. The Kier molecular flexibility index (Phi) is 6.30. The summed E-state index contributed by atoms with van der Waals surface area (Å²) in [5, 5.41) is 0. The molecular formula is C14H21ClS. The van der Waals surface area contributed by atoms with Crippen LogP contribution in [0.3, 0.4) is 0 Å². The highest BCUT2D eigenvalue weighted by atomic mass is 35.5. The Balaban J connectivity index is 2.39. The van der Waals surface area contributed by atoms with Crippen molar-refractivity contribution in [1.29, 1.82) is 0 Å². The van der Waals surface area contributed by atoms with E-state index < -0.39 is 0 Å². The first kappa shape index (κ1) is 13.9. The number of benzene rings is 1. The van der Waals surface area contributed by atoms with E-state index in [1.807, 2.05) is 11.8 Å². The highest BCUT2D eigenvalue weighted by molar-refractivity contribution is 7.99. The number of halogens is 1. The molecule has 2 heteroatoms. The summed E-state index contributed by atoms with van der Waals surface area (Å²) in [5.41, 5.74) is 0.351. The van der Waals surface area contributed by atoms with Gasteiger partial charge in [0, 0.05) is 10.8 Å². The molecule has 0 radical (unpaired) electrons. The van der Waals surface area contributed by atoms with Crippen LogP contribution >= 0.6 is 23.4 Å². The Morgan fingerprint density at radius 3 is 2.25 bits per heavy atom. The van der Waals surface area contributed by atoms with Gasteiger partial charge in [-0.3, -0.25) is 0 Å². The Bertz CT molecular complexity index is 272. The van der Waals surface area contributed by atoms with E-state index in [0.717, 1.165) is 5.88 Å². The molecule has 0 aliphatic carbocycles. The molecule has 0 amide bonds. The van der Waals surface area contributed by atoms with Gasteiger partial charge in [0.05, 0.1) is 0 Å². The molecule has 0 N–H and O–H groups in total. The van der Waals surface area contributed by atoms with Gasteiger partial charge in [0.2, 0.25) is 0 Å². The van der Waals surface area contributed by atoms with Crippen LogP contribution < -0.4 is 0 Å². The van der Waals surface area contributed by atoms with E-state index in [4.69, 9.17) is 11.6 Å². The van der Waals surface area contributed by atoms with Gasteiger partial charge in [0.15, 0.2) is 0 Å². The zero-order valence-electron chi connectivity index (χ0n) is 10.2. The van der Waals surface area contributed by atoms with Crippen LogP contribution in [0.2, 0.25) is 0 Å². The van der Waals surface area contributed by atoms with Crippen molar-refractivity contribution in [2.75, 3.05) is 11.6 Å². The summed E-state index contributed by atoms with van der Waals surface area (Å²) in [6, 6.07) is 10.6. The van der Waals surface area contributed by atoms with E-state index >= 15 is 0 Å². The maximum atomic E-state index is 6.10. The molecule has 1 aromatic carbocycles. The normalized spacial score (nSPS) is 11.7. The molecule has 0 aliphatic rings. The first-order chi connectivity index (χ1) is 7.76. The van der Waals surface area contributed by atoms with Crippen LogP contribution in [-0.4, -0.2) is 11.6 Å². The standard InChI is InChI=1S/C14H21ClS/c1-3-14(4-2,12-15)10-11-16-13-8-6-5-7-9-13/h5-9H,3-4,10-12H2,1-2H3. The molecule has 0 saturated carbocycles. The number of hydrogen-bond acceptors (Lipinski definition) is 1. The second-order valence-electron chi connectivity index (χ2n) is 4.25. The summed E-state index contributed by atoms with van der Waals surface area (Å²) in [6.45, 7) is 4.50. The maximum Gasteiger partial charge on any atom is 0.0280 e. The first-order valence-electron chi connectivity index (χ1n) is 6.00. The smallest absolute Gasteiger partial charge is 0.0280 e. The van der Waals surface area contributed by atoms with Crippen LogP contribution in [-0.2, 0) is 0 Å². The molecule has 0 aliphatic heterocycles. The fraction of sp³-hybridized carbons (Fsp3) is 0.571. The van der Waals surface area contributed by atoms with Crippen LogP contribution in [0.5, 0.6) is 0 Å². The fourth-order valence-electron chi connectivity index (χ4n) is 1.76. The van der Waals surface area contributed by atoms with E-state index in [1.165, 1.54) is 29.9 Å². The Morgan fingerprint density at radius 2 is 1.75 bits per heavy atom. The lowest BCUT2D eigenvalue weighted by molar-refractivity contribution is 0.295. The zero-order chi connectivity index (χ0) is 11.9. The van der Waals surface area contributed by atoms with Gasteiger partial charge in [-0.2, -0.15) is 0 Å². The highest BCUT2D eigenvalue weighted by Gasteiger charge is 2.24. The van der Waals surface area contributed by atoms with Crippen molar-refractivity contribution in [3.05, 3.63) is 30.3 Å². The molecular weight excluding hydrogens is 236 g/mol. The molecule has 90 valence electrons. The van der Waals surface area contributed by atoms with Gasteiger partial charge in [-0.15, -0.1) is 23.4 Å². The number of alkyl halides is 1. The van der Waals surface area contributed by atoms with Crippen LogP contribution in [0.4, 0.5) is 0 Å². The minimum absolute atomic E-state index is 0.351. The van der Waals surface area contributed by atoms with Crippen LogP contribution in [0.15, 0.2) is 35.2 Å². The van der Waals surface area contributed by atoms with E-state index in [0.29, 0.717) is 5.41 Å². The van der Waals surface area contributed by atoms with Crippen molar-refractivity contribution in [3.8, 4) is 0 Å². The topological polar surface area (TPSA) is 0 Å². The zero-order valence-corrected chi connectivity index (χ0v) is 11.8. The lowest BCUT2D eigenvalue weighted by Crippen LogP contribution is -2.21. The molecule has 1 rings (SSSR count). The maximum absolute atomic E-state index is 6.10. The molecule has 0 saturated heterocycles. The van der Waals surface area contributed by atoms with Crippen molar-refractivity contribution in [2.45, 2.75) is 38.0 Å². The van der Waals surface area contributed by atoms with Crippen molar-refractivity contribution < 1.29 is 0 Å². The lowest BCUT2D eigenvalue weighted by Gasteiger charge is -2.29. The molecule has 0 unspecified atom stereocenters. The third-order valence-electron chi connectivity index (χ3n) is 3.43. The van der Waals surface area contributed by atoms with Crippen LogP contribution in [0, 0.1) is 5.41 Å². The molecule has 16 heavy (non-hydrogen) atoms. The number of hydrogen-bond donors (Lipinski definition) is 0. The number of thioether (sulfide) groups is 1. The van der Waals surface area contributed by atoms with Crippen molar-refractivity contribution in [1.82, 2.24) is 0 Å². The van der Waals surface area contributed by atoms with Crippen LogP contribution in [0.1, 0.15) is 33.1 Å². The minimum Gasteiger partial charge on any atom is -0.126 e. The molecule has 0 bridgehead atoms. The Morgan fingerprint density at radius 1 is 1.12 bits per heavy atom. The van der Waals surface area contributed by atoms with E-state index in [9.17, 15) is 0 Å². The van der Waals surface area contributed by atoms with Gasteiger partial charge in [0.25, 0.3) is 0 Å². The molecule has 0 atom stereocenters. The fourth-order valence-corrected chi connectivity index (χ4v) is 3.39. The van der Waals surface area contributed by atoms with Crippen LogP contribution in [0.25, 0.3) is 0 Å². The number of rotatable bonds is 7. The molecule has 1 aromatic rings. The second-order valence-corrected chi connectivity index (χ2v) is 5.69. The van der Waals surface area contributed by atoms with Gasteiger partial charge in [0.1, 0.15) is 0 Å². The third kappa shape index (κ3) is 4.03. The van der Waals surface area contributed by atoms with E-state index in [1.54, 1.807) is 0 Å². The Labute approximate surface area is 109 Å². The van der Waals surface area contributed by atoms with Crippen molar-refractivity contribution in [2.24, 2.45) is 5.41 Å². The highest BCUT2D eigenvalue weighted by Crippen LogP contribution is 2.34. The predicted molar refractivity (Wildman–Crippen MR) is 75.5 cm³/mol. The van der Waals surface area contributed by atoms with Gasteiger partial charge < -0.3 is 0 Å². The predicted octanol–water partition coefficient (Wildman–Crippen LogP) is 5.21. The molecule has 0 aromatic heterocycles. The monoisotopic (exact) mass is 256 g/mol. The molecule has 0 fully saturated rings. The summed E-state index contributed by atoms with van der Waals surface area (Å²) >= 11 is 8.03. The lowest BCUT2D eigenvalue weighted by atomic mass is 9.82. The van der Waals surface area contributed by atoms with Gasteiger partial charge in [-0.25, -0.2) is 0 Å². The summed E-state index contributed by atoms with van der Waals surface area (Å²) in [5.74, 6) is 1.95. The minimum atomic E-state index is 0.351. The average Bonchev–Trinajstić information content (AvgIpc) is 2.37. The van der Waals surface area contributed by atoms with E-state index in [2.05, 4.69) is 44.2 Å². The van der Waals surface area contributed by atoms with Gasteiger partial charge >= 0.3 is 0 Å². The molecule has 0 nitrogen and oxygen atoms in total. The quantitative estimate of drug-likeness (QED) is 0.476. The largest absolute Gasteiger partial charge is 0.126 e. The van der Waals surface area contributed by atoms with Gasteiger partial charge in [-0.05, 0) is 42.6 Å². The van der Waals surface area contributed by atoms with Gasteiger partial charge in [-0.1, -0.05) is 32.0 Å². The van der Waals surface area contributed by atoms with Crippen molar-refractivity contribution in [3.63, 3.8) is 0 Å². The SMILES string of the molecule is CCC(CC)(CCl)CCSc1ccccc1. The first-order valence-corrected chi connectivity index (χ1v) is 7.52. The summed E-state index contributed by atoms with van der Waals surface area (Å²) in [6.07, 6.45) is 3.58. The van der Waals surface area contributed by atoms with E-state index in [-0.39, 0.29) is 0 Å². The molecule has 0 spiro atoms.